The number of primary amides is 1. The Morgan fingerprint density at radius 2 is 1.76 bits per heavy atom. The van der Waals surface area contributed by atoms with Gasteiger partial charge in [0.2, 0.25) is 17.7 Å². The summed E-state index contributed by atoms with van der Waals surface area (Å²) in [6.07, 6.45) is 2.15. The molecule has 0 bridgehead atoms. The molecule has 9 nitrogen and oxygen atoms in total. The van der Waals surface area contributed by atoms with E-state index in [4.69, 9.17) is 5.73 Å². The molecule has 3 amide bonds. The van der Waals surface area contributed by atoms with Gasteiger partial charge in [0, 0.05) is 43.9 Å². The summed E-state index contributed by atoms with van der Waals surface area (Å²) in [6, 6.07) is 6.49. The van der Waals surface area contributed by atoms with E-state index in [1.165, 1.54) is 12.8 Å². The molecule has 2 heterocycles. The third-order valence-corrected chi connectivity index (χ3v) is 5.42. The summed E-state index contributed by atoms with van der Waals surface area (Å²) in [5.74, 6) is -3.20. The van der Waals surface area contributed by atoms with Crippen LogP contribution >= 0.6 is 0 Å². The molecule has 2 aliphatic rings. The fraction of sp³-hybridized carbons (Fsp3) is 0.500. The Hall–Kier alpha value is -3.10. The van der Waals surface area contributed by atoms with Crippen LogP contribution < -0.4 is 20.9 Å². The highest BCUT2D eigenvalue weighted by Gasteiger charge is 2.36. The Bertz CT molecular complexity index is 789. The van der Waals surface area contributed by atoms with E-state index in [0.717, 1.165) is 24.5 Å². The van der Waals surface area contributed by atoms with Gasteiger partial charge in [-0.1, -0.05) is 0 Å². The minimum absolute atomic E-state index is 0.0157. The van der Waals surface area contributed by atoms with Crippen molar-refractivity contribution in [2.24, 2.45) is 11.7 Å². The van der Waals surface area contributed by atoms with Gasteiger partial charge in [0.25, 0.3) is 0 Å². The minimum atomic E-state index is -1.24. The zero-order valence-corrected chi connectivity index (χ0v) is 16.2. The Morgan fingerprint density at radius 1 is 1.14 bits per heavy atom. The molecule has 0 spiro atoms. The van der Waals surface area contributed by atoms with Gasteiger partial charge in [-0.2, -0.15) is 0 Å². The third-order valence-electron chi connectivity index (χ3n) is 5.42. The van der Waals surface area contributed by atoms with E-state index in [1.54, 1.807) is 4.90 Å². The van der Waals surface area contributed by atoms with Gasteiger partial charge >= 0.3 is 5.97 Å². The van der Waals surface area contributed by atoms with E-state index in [1.807, 2.05) is 24.3 Å². The highest BCUT2D eigenvalue weighted by molar-refractivity contribution is 6.01. The molecule has 0 saturated carbocycles. The smallest absolute Gasteiger partial charge is 0.326 e. The summed E-state index contributed by atoms with van der Waals surface area (Å²) in [7, 11) is 0. The Kier molecular flexibility index (Phi) is 6.36. The van der Waals surface area contributed by atoms with Crippen LogP contribution in [0.3, 0.4) is 0 Å². The number of hydrogen-bond acceptors (Lipinski definition) is 5. The van der Waals surface area contributed by atoms with Crippen molar-refractivity contribution in [1.29, 1.82) is 0 Å². The molecular weight excluding hydrogens is 376 g/mol. The van der Waals surface area contributed by atoms with Crippen LogP contribution in [0.1, 0.15) is 32.1 Å². The number of aliphatic carboxylic acids is 1. The molecule has 2 saturated heterocycles. The van der Waals surface area contributed by atoms with Crippen molar-refractivity contribution in [2.45, 2.75) is 38.1 Å². The molecule has 156 valence electrons. The maximum Gasteiger partial charge on any atom is 0.326 e. The summed E-state index contributed by atoms with van der Waals surface area (Å²) in [4.78, 5) is 50.9. The Balaban J connectivity index is 1.60. The Morgan fingerprint density at radius 3 is 2.34 bits per heavy atom. The zero-order valence-electron chi connectivity index (χ0n) is 16.2. The van der Waals surface area contributed by atoms with Gasteiger partial charge in [-0.3, -0.25) is 14.4 Å². The first-order valence-corrected chi connectivity index (χ1v) is 9.82. The maximum atomic E-state index is 12.5. The first-order valence-electron chi connectivity index (χ1n) is 9.82. The number of carboxylic acids is 1. The monoisotopic (exact) mass is 402 g/mol. The van der Waals surface area contributed by atoms with Crippen LogP contribution in [-0.2, 0) is 19.2 Å². The maximum absolute atomic E-state index is 12.5. The van der Waals surface area contributed by atoms with Crippen molar-refractivity contribution in [1.82, 2.24) is 5.32 Å². The number of benzene rings is 1. The standard InChI is InChI=1S/C20H26N4O5/c21-17(25)8-7-16(20(28)29)22-19(27)13-11-18(26)24(12-13)15-5-3-14(4-6-15)23-9-1-2-10-23/h3-6,13,16H,1-2,7-12H2,(H2,21,25)(H,22,27)(H,28,29). The number of amides is 3. The summed E-state index contributed by atoms with van der Waals surface area (Å²) < 4.78 is 0. The number of carbonyl (C=O) groups excluding carboxylic acids is 3. The average molecular weight is 402 g/mol. The molecule has 2 unspecified atom stereocenters. The number of carboxylic acid groups (broad SMARTS) is 1. The SMILES string of the molecule is NC(=O)CCC(NC(=O)C1CC(=O)N(c2ccc(N3CCCC3)cc2)C1)C(=O)O. The van der Waals surface area contributed by atoms with Gasteiger partial charge in [-0.15, -0.1) is 0 Å². The first kappa shape index (κ1) is 20.6. The van der Waals surface area contributed by atoms with Gasteiger partial charge in [-0.25, -0.2) is 4.79 Å². The fourth-order valence-corrected chi connectivity index (χ4v) is 3.79. The Labute approximate surface area is 168 Å². The molecule has 1 aromatic carbocycles. The van der Waals surface area contributed by atoms with Crippen LogP contribution in [0.4, 0.5) is 11.4 Å². The number of nitrogens with one attached hydrogen (secondary N) is 1. The van der Waals surface area contributed by atoms with Gasteiger partial charge in [-0.05, 0) is 43.5 Å². The van der Waals surface area contributed by atoms with Gasteiger partial charge < -0.3 is 26.0 Å². The molecule has 3 rings (SSSR count). The van der Waals surface area contributed by atoms with Crippen molar-refractivity contribution in [3.8, 4) is 0 Å². The van der Waals surface area contributed by atoms with E-state index in [-0.39, 0.29) is 31.7 Å². The van der Waals surface area contributed by atoms with Crippen molar-refractivity contribution >= 4 is 35.1 Å². The minimum Gasteiger partial charge on any atom is -0.480 e. The van der Waals surface area contributed by atoms with Crippen molar-refractivity contribution in [3.63, 3.8) is 0 Å². The molecule has 0 aliphatic carbocycles. The molecule has 1 aromatic rings. The van der Waals surface area contributed by atoms with Gasteiger partial charge in [0.1, 0.15) is 6.04 Å². The number of nitrogens with zero attached hydrogens (tertiary/aromatic N) is 2. The van der Waals surface area contributed by atoms with Crippen molar-refractivity contribution in [2.75, 3.05) is 29.4 Å². The third kappa shape index (κ3) is 5.04. The second-order valence-corrected chi connectivity index (χ2v) is 7.52. The second kappa shape index (κ2) is 8.93. The number of rotatable bonds is 8. The van der Waals surface area contributed by atoms with Gasteiger partial charge in [0.05, 0.1) is 5.92 Å². The molecule has 29 heavy (non-hydrogen) atoms. The van der Waals surface area contributed by atoms with E-state index in [2.05, 4.69) is 10.2 Å². The zero-order chi connectivity index (χ0) is 21.0. The van der Waals surface area contributed by atoms with Crippen LogP contribution in [0.25, 0.3) is 0 Å². The lowest BCUT2D eigenvalue weighted by molar-refractivity contribution is -0.142. The normalized spacial score (nSPS) is 20.0. The van der Waals surface area contributed by atoms with Crippen LogP contribution in [0.15, 0.2) is 24.3 Å². The molecule has 2 aliphatic heterocycles. The largest absolute Gasteiger partial charge is 0.480 e. The van der Waals surface area contributed by atoms with E-state index < -0.39 is 29.7 Å². The fourth-order valence-electron chi connectivity index (χ4n) is 3.79. The van der Waals surface area contributed by atoms with Gasteiger partial charge in [0.15, 0.2) is 0 Å². The molecule has 4 N–H and O–H groups in total. The average Bonchev–Trinajstić information content (AvgIpc) is 3.34. The number of hydrogen-bond donors (Lipinski definition) is 3. The summed E-state index contributed by atoms with van der Waals surface area (Å²) in [5, 5.41) is 11.6. The van der Waals surface area contributed by atoms with Crippen LogP contribution in [0.2, 0.25) is 0 Å². The van der Waals surface area contributed by atoms with E-state index in [9.17, 15) is 24.3 Å². The molecular formula is C20H26N4O5. The van der Waals surface area contributed by atoms with Crippen LogP contribution in [-0.4, -0.2) is 54.5 Å². The quantitative estimate of drug-likeness (QED) is 0.579. The van der Waals surface area contributed by atoms with E-state index in [0.29, 0.717) is 0 Å². The summed E-state index contributed by atoms with van der Waals surface area (Å²) in [5.41, 5.74) is 6.88. The highest BCUT2D eigenvalue weighted by Crippen LogP contribution is 2.28. The lowest BCUT2D eigenvalue weighted by Crippen LogP contribution is -2.44. The topological polar surface area (TPSA) is 133 Å². The molecule has 0 aromatic heterocycles. The molecule has 0 radical (unpaired) electrons. The van der Waals surface area contributed by atoms with Crippen LogP contribution in [0.5, 0.6) is 0 Å². The van der Waals surface area contributed by atoms with Crippen LogP contribution in [0, 0.1) is 5.92 Å². The lowest BCUT2D eigenvalue weighted by Gasteiger charge is -2.21. The molecule has 9 heteroatoms. The summed E-state index contributed by atoms with van der Waals surface area (Å²) in [6.45, 7) is 2.26. The lowest BCUT2D eigenvalue weighted by atomic mass is 10.1. The predicted octanol–water partition coefficient (Wildman–Crippen LogP) is 0.475. The molecule has 2 atom stereocenters. The number of nitrogens with two attached hydrogens (primary N) is 1. The predicted molar refractivity (Wildman–Crippen MR) is 106 cm³/mol. The number of carbonyl (C=O) groups is 4. The highest BCUT2D eigenvalue weighted by atomic mass is 16.4. The van der Waals surface area contributed by atoms with Crippen molar-refractivity contribution in [3.05, 3.63) is 24.3 Å². The van der Waals surface area contributed by atoms with E-state index >= 15 is 0 Å². The number of anilines is 2. The first-order chi connectivity index (χ1) is 13.8. The second-order valence-electron chi connectivity index (χ2n) is 7.52. The molecule has 2 fully saturated rings. The van der Waals surface area contributed by atoms with Crippen molar-refractivity contribution < 1.29 is 24.3 Å². The summed E-state index contributed by atoms with van der Waals surface area (Å²) >= 11 is 0.